The molecule has 0 radical (unpaired) electrons. The van der Waals surface area contributed by atoms with E-state index in [-0.39, 0.29) is 18.3 Å². The minimum absolute atomic E-state index is 0. The van der Waals surface area contributed by atoms with E-state index in [9.17, 15) is 4.79 Å². The molecule has 1 atom stereocenters. The number of halogens is 1. The number of aryl methyl sites for hydroxylation is 2. The molecule has 1 aromatic rings. The maximum absolute atomic E-state index is 11.9. The zero-order valence-corrected chi connectivity index (χ0v) is 12.3. The molecule has 0 spiro atoms. The van der Waals surface area contributed by atoms with Crippen LogP contribution >= 0.6 is 12.4 Å². The monoisotopic (exact) mass is 270 g/mol. The quantitative estimate of drug-likeness (QED) is 0.884. The SMILES string of the molecule is Cc1cccc(C)c1NC(=O)[C@@H](N)CC(C)C.Cl. The third-order valence-electron chi connectivity index (χ3n) is 2.79. The summed E-state index contributed by atoms with van der Waals surface area (Å²) in [4.78, 5) is 11.9. The lowest BCUT2D eigenvalue weighted by Gasteiger charge is -2.16. The van der Waals surface area contributed by atoms with Crippen LogP contribution in [0, 0.1) is 19.8 Å². The highest BCUT2D eigenvalue weighted by Gasteiger charge is 2.16. The van der Waals surface area contributed by atoms with Gasteiger partial charge < -0.3 is 11.1 Å². The fraction of sp³-hybridized carbons (Fsp3) is 0.500. The van der Waals surface area contributed by atoms with Gasteiger partial charge in [0.25, 0.3) is 0 Å². The molecule has 3 N–H and O–H groups in total. The Morgan fingerprint density at radius 2 is 1.78 bits per heavy atom. The van der Waals surface area contributed by atoms with E-state index in [1.54, 1.807) is 0 Å². The van der Waals surface area contributed by atoms with Gasteiger partial charge in [0.2, 0.25) is 5.91 Å². The largest absolute Gasteiger partial charge is 0.324 e. The lowest BCUT2D eigenvalue weighted by molar-refractivity contribution is -0.117. The second-order valence-corrected chi connectivity index (χ2v) is 4.99. The van der Waals surface area contributed by atoms with Crippen LogP contribution in [0.25, 0.3) is 0 Å². The summed E-state index contributed by atoms with van der Waals surface area (Å²) in [6.07, 6.45) is 0.705. The summed E-state index contributed by atoms with van der Waals surface area (Å²) in [5.41, 5.74) is 8.87. The maximum Gasteiger partial charge on any atom is 0.241 e. The Labute approximate surface area is 116 Å². The zero-order valence-electron chi connectivity index (χ0n) is 11.5. The first-order chi connectivity index (χ1) is 7.91. The summed E-state index contributed by atoms with van der Waals surface area (Å²) < 4.78 is 0. The van der Waals surface area contributed by atoms with E-state index in [4.69, 9.17) is 5.73 Å². The molecular formula is C14H23ClN2O. The molecule has 0 bridgehead atoms. The molecular weight excluding hydrogens is 248 g/mol. The smallest absolute Gasteiger partial charge is 0.241 e. The number of hydrogen-bond donors (Lipinski definition) is 2. The molecule has 0 aliphatic rings. The number of hydrogen-bond acceptors (Lipinski definition) is 2. The van der Waals surface area contributed by atoms with Gasteiger partial charge >= 0.3 is 0 Å². The Morgan fingerprint density at radius 1 is 1.28 bits per heavy atom. The first kappa shape index (κ1) is 16.9. The van der Waals surface area contributed by atoms with Crippen LogP contribution in [0.5, 0.6) is 0 Å². The number of nitrogens with two attached hydrogens (primary N) is 1. The fourth-order valence-electron chi connectivity index (χ4n) is 1.84. The zero-order chi connectivity index (χ0) is 13.0. The van der Waals surface area contributed by atoms with Gasteiger partial charge in [-0.3, -0.25) is 4.79 Å². The van der Waals surface area contributed by atoms with E-state index in [0.29, 0.717) is 12.3 Å². The van der Waals surface area contributed by atoms with Gasteiger partial charge in [-0.25, -0.2) is 0 Å². The van der Waals surface area contributed by atoms with E-state index in [0.717, 1.165) is 16.8 Å². The standard InChI is InChI=1S/C14H22N2O.ClH/c1-9(2)8-12(15)14(17)16-13-10(3)6-5-7-11(13)4;/h5-7,9,12H,8,15H2,1-4H3,(H,16,17);1H/t12-;/m0./s1. The van der Waals surface area contributed by atoms with Gasteiger partial charge in [-0.15, -0.1) is 12.4 Å². The van der Waals surface area contributed by atoms with E-state index in [1.807, 2.05) is 32.0 Å². The topological polar surface area (TPSA) is 55.1 Å². The normalized spacial score (nSPS) is 11.9. The average molecular weight is 271 g/mol. The fourth-order valence-corrected chi connectivity index (χ4v) is 1.84. The van der Waals surface area contributed by atoms with Crippen molar-refractivity contribution in [3.05, 3.63) is 29.3 Å². The molecule has 0 saturated heterocycles. The predicted molar refractivity (Wildman–Crippen MR) is 79.2 cm³/mol. The Morgan fingerprint density at radius 3 is 2.22 bits per heavy atom. The first-order valence-electron chi connectivity index (χ1n) is 6.04. The number of amides is 1. The van der Waals surface area contributed by atoms with Crippen molar-refractivity contribution >= 4 is 24.0 Å². The van der Waals surface area contributed by atoms with Gasteiger partial charge in [0.1, 0.15) is 0 Å². The number of carbonyl (C=O) groups is 1. The highest BCUT2D eigenvalue weighted by Crippen LogP contribution is 2.19. The van der Waals surface area contributed by atoms with Crippen molar-refractivity contribution in [1.82, 2.24) is 0 Å². The van der Waals surface area contributed by atoms with E-state index in [1.165, 1.54) is 0 Å². The molecule has 102 valence electrons. The van der Waals surface area contributed by atoms with Gasteiger partial charge in [0, 0.05) is 5.69 Å². The lowest BCUT2D eigenvalue weighted by Crippen LogP contribution is -2.37. The molecule has 0 fully saturated rings. The average Bonchev–Trinajstić information content (AvgIpc) is 2.22. The van der Waals surface area contributed by atoms with Crippen LogP contribution < -0.4 is 11.1 Å². The van der Waals surface area contributed by atoms with E-state index < -0.39 is 6.04 Å². The Kier molecular flexibility index (Phi) is 6.96. The van der Waals surface area contributed by atoms with Crippen LogP contribution in [0.2, 0.25) is 0 Å². The van der Waals surface area contributed by atoms with Crippen LogP contribution in [0.4, 0.5) is 5.69 Å². The molecule has 18 heavy (non-hydrogen) atoms. The lowest BCUT2D eigenvalue weighted by atomic mass is 10.0. The maximum atomic E-state index is 11.9. The number of carbonyl (C=O) groups excluding carboxylic acids is 1. The molecule has 0 aliphatic heterocycles. The Bertz CT molecular complexity index is 385. The van der Waals surface area contributed by atoms with Crippen LogP contribution in [-0.4, -0.2) is 11.9 Å². The Hall–Kier alpha value is -1.06. The molecule has 4 heteroatoms. The van der Waals surface area contributed by atoms with Crippen LogP contribution in [0.15, 0.2) is 18.2 Å². The van der Waals surface area contributed by atoms with E-state index >= 15 is 0 Å². The van der Waals surface area contributed by atoms with Gasteiger partial charge in [0.05, 0.1) is 6.04 Å². The van der Waals surface area contributed by atoms with Crippen LogP contribution in [-0.2, 0) is 4.79 Å². The molecule has 0 aromatic heterocycles. The van der Waals surface area contributed by atoms with E-state index in [2.05, 4.69) is 19.2 Å². The molecule has 1 amide bonds. The second kappa shape index (κ2) is 7.39. The van der Waals surface area contributed by atoms with Gasteiger partial charge in [-0.1, -0.05) is 32.0 Å². The molecule has 0 heterocycles. The summed E-state index contributed by atoms with van der Waals surface area (Å²) >= 11 is 0. The number of para-hydroxylation sites is 1. The van der Waals surface area contributed by atoms with Crippen molar-refractivity contribution in [2.75, 3.05) is 5.32 Å². The number of benzene rings is 1. The van der Waals surface area contributed by atoms with Crippen molar-refractivity contribution in [2.45, 2.75) is 40.2 Å². The number of anilines is 1. The molecule has 0 unspecified atom stereocenters. The summed E-state index contributed by atoms with van der Waals surface area (Å²) in [6, 6.07) is 5.51. The highest BCUT2D eigenvalue weighted by atomic mass is 35.5. The summed E-state index contributed by atoms with van der Waals surface area (Å²) in [5.74, 6) is 0.324. The summed E-state index contributed by atoms with van der Waals surface area (Å²) in [5, 5.41) is 2.92. The van der Waals surface area contributed by atoms with Gasteiger partial charge in [-0.2, -0.15) is 0 Å². The minimum atomic E-state index is -0.436. The third kappa shape index (κ3) is 4.67. The molecule has 3 nitrogen and oxygen atoms in total. The van der Waals surface area contributed by atoms with Crippen molar-refractivity contribution in [3.63, 3.8) is 0 Å². The van der Waals surface area contributed by atoms with Crippen molar-refractivity contribution < 1.29 is 4.79 Å². The predicted octanol–water partition coefficient (Wildman–Crippen LogP) is 3.04. The second-order valence-electron chi connectivity index (χ2n) is 4.99. The van der Waals surface area contributed by atoms with Crippen LogP contribution in [0.1, 0.15) is 31.4 Å². The van der Waals surface area contributed by atoms with Crippen molar-refractivity contribution in [3.8, 4) is 0 Å². The molecule has 0 saturated carbocycles. The molecule has 1 rings (SSSR count). The summed E-state index contributed by atoms with van der Waals surface area (Å²) in [7, 11) is 0. The number of rotatable bonds is 4. The van der Waals surface area contributed by atoms with Gasteiger partial charge in [-0.05, 0) is 37.3 Å². The van der Waals surface area contributed by atoms with Crippen LogP contribution in [0.3, 0.4) is 0 Å². The third-order valence-corrected chi connectivity index (χ3v) is 2.79. The highest BCUT2D eigenvalue weighted by molar-refractivity contribution is 5.95. The number of nitrogens with one attached hydrogen (secondary N) is 1. The molecule has 1 aromatic carbocycles. The molecule has 0 aliphatic carbocycles. The van der Waals surface area contributed by atoms with Crippen molar-refractivity contribution in [1.29, 1.82) is 0 Å². The Balaban J connectivity index is 0.00000289. The minimum Gasteiger partial charge on any atom is -0.324 e. The van der Waals surface area contributed by atoms with Gasteiger partial charge in [0.15, 0.2) is 0 Å². The first-order valence-corrected chi connectivity index (χ1v) is 6.04. The van der Waals surface area contributed by atoms with Crippen molar-refractivity contribution in [2.24, 2.45) is 11.7 Å². The summed E-state index contributed by atoms with van der Waals surface area (Å²) in [6.45, 7) is 8.09.